The second-order valence-corrected chi connectivity index (χ2v) is 5.22. The highest BCUT2D eigenvalue weighted by Gasteiger charge is 2.33. The molecule has 0 aliphatic rings. The van der Waals surface area contributed by atoms with Crippen LogP contribution in [-0.2, 0) is 6.54 Å². The van der Waals surface area contributed by atoms with Crippen molar-refractivity contribution in [2.45, 2.75) is 12.7 Å². The topological polar surface area (TPSA) is 55.6 Å². The third-order valence-electron chi connectivity index (χ3n) is 3.35. The number of nitrogens with two attached hydrogens (primary N) is 1. The van der Waals surface area contributed by atoms with Gasteiger partial charge in [-0.25, -0.2) is 0 Å². The van der Waals surface area contributed by atoms with E-state index in [0.717, 1.165) is 4.90 Å². The summed E-state index contributed by atoms with van der Waals surface area (Å²) in [5.74, 6) is -0.387. The number of hydrogen-bond acceptors (Lipinski definition) is 3. The van der Waals surface area contributed by atoms with Crippen molar-refractivity contribution in [2.24, 2.45) is 0 Å². The minimum absolute atomic E-state index is 0.0773. The van der Waals surface area contributed by atoms with E-state index < -0.39 is 18.6 Å². The predicted octanol–water partition coefficient (Wildman–Crippen LogP) is 3.48. The zero-order valence-corrected chi connectivity index (χ0v) is 13.0. The summed E-state index contributed by atoms with van der Waals surface area (Å²) in [6.07, 6.45) is -4.50. The number of anilines is 1. The zero-order valence-electron chi connectivity index (χ0n) is 13.0. The minimum Gasteiger partial charge on any atom is -0.495 e. The highest BCUT2D eigenvalue weighted by atomic mass is 19.4. The van der Waals surface area contributed by atoms with Crippen LogP contribution in [0.4, 0.5) is 18.9 Å². The highest BCUT2D eigenvalue weighted by Crippen LogP contribution is 2.25. The molecular weight excluding hydrogens is 321 g/mol. The average Bonchev–Trinajstić information content (AvgIpc) is 2.53. The number of rotatable bonds is 5. The fraction of sp³-hybridized carbons (Fsp3) is 0.235. The van der Waals surface area contributed by atoms with E-state index in [2.05, 4.69) is 0 Å². The van der Waals surface area contributed by atoms with Gasteiger partial charge >= 0.3 is 6.18 Å². The molecule has 2 aromatic carbocycles. The highest BCUT2D eigenvalue weighted by molar-refractivity contribution is 5.95. The number of methoxy groups -OCH3 is 1. The van der Waals surface area contributed by atoms with Gasteiger partial charge in [-0.3, -0.25) is 4.79 Å². The number of hydrogen-bond donors (Lipinski definition) is 1. The summed E-state index contributed by atoms with van der Waals surface area (Å²) < 4.78 is 43.5. The van der Waals surface area contributed by atoms with Gasteiger partial charge < -0.3 is 15.4 Å². The van der Waals surface area contributed by atoms with Gasteiger partial charge in [0.25, 0.3) is 5.91 Å². The van der Waals surface area contributed by atoms with Gasteiger partial charge in [0.1, 0.15) is 12.3 Å². The van der Waals surface area contributed by atoms with Crippen molar-refractivity contribution in [1.82, 2.24) is 4.90 Å². The molecule has 0 aliphatic carbocycles. The third-order valence-corrected chi connectivity index (χ3v) is 3.35. The molecule has 0 heterocycles. The lowest BCUT2D eigenvalue weighted by atomic mass is 10.1. The molecule has 2 rings (SSSR count). The summed E-state index contributed by atoms with van der Waals surface area (Å²) in [4.78, 5) is 13.3. The Morgan fingerprint density at radius 1 is 1.17 bits per heavy atom. The van der Waals surface area contributed by atoms with Crippen molar-refractivity contribution in [3.8, 4) is 5.75 Å². The van der Waals surface area contributed by atoms with Crippen molar-refractivity contribution in [3.63, 3.8) is 0 Å². The fourth-order valence-corrected chi connectivity index (χ4v) is 2.27. The Kier molecular flexibility index (Phi) is 5.33. The van der Waals surface area contributed by atoms with Crippen molar-refractivity contribution in [3.05, 3.63) is 59.7 Å². The maximum Gasteiger partial charge on any atom is 0.406 e. The fourth-order valence-electron chi connectivity index (χ4n) is 2.27. The van der Waals surface area contributed by atoms with Gasteiger partial charge in [0.05, 0.1) is 12.8 Å². The lowest BCUT2D eigenvalue weighted by Gasteiger charge is -2.24. The van der Waals surface area contributed by atoms with Crippen LogP contribution < -0.4 is 10.5 Å². The van der Waals surface area contributed by atoms with Gasteiger partial charge in [-0.2, -0.15) is 13.2 Å². The van der Waals surface area contributed by atoms with Gasteiger partial charge in [0.2, 0.25) is 0 Å². The maximum absolute atomic E-state index is 12.8. The molecule has 0 unspecified atom stereocenters. The molecule has 128 valence electrons. The van der Waals surface area contributed by atoms with Gasteiger partial charge in [0.15, 0.2) is 0 Å². The number of nitrogen functional groups attached to an aromatic ring is 1. The number of benzene rings is 2. The second kappa shape index (κ2) is 7.25. The molecule has 2 N–H and O–H groups in total. The Morgan fingerprint density at radius 2 is 1.83 bits per heavy atom. The van der Waals surface area contributed by atoms with Crippen LogP contribution in [0.15, 0.2) is 48.5 Å². The van der Waals surface area contributed by atoms with E-state index in [1.165, 1.54) is 25.3 Å². The molecule has 1 amide bonds. The molecule has 0 bridgehead atoms. The van der Waals surface area contributed by atoms with E-state index in [-0.39, 0.29) is 17.8 Å². The Hall–Kier alpha value is -2.70. The summed E-state index contributed by atoms with van der Waals surface area (Å²) in [7, 11) is 1.42. The van der Waals surface area contributed by atoms with Gasteiger partial charge in [-0.1, -0.05) is 30.3 Å². The average molecular weight is 338 g/mol. The number of amides is 1. The molecular formula is C17H17F3N2O2. The Labute approximate surface area is 137 Å². The third kappa shape index (κ3) is 4.65. The van der Waals surface area contributed by atoms with E-state index in [1.54, 1.807) is 30.3 Å². The molecule has 2 aromatic rings. The lowest BCUT2D eigenvalue weighted by Crippen LogP contribution is -2.38. The molecule has 0 aromatic heterocycles. The van der Waals surface area contributed by atoms with Gasteiger partial charge in [-0.05, 0) is 23.8 Å². The molecule has 0 atom stereocenters. The van der Waals surface area contributed by atoms with Gasteiger partial charge in [-0.15, -0.1) is 0 Å². The van der Waals surface area contributed by atoms with E-state index in [1.807, 2.05) is 0 Å². The minimum atomic E-state index is -4.50. The molecule has 7 heteroatoms. The lowest BCUT2D eigenvalue weighted by molar-refractivity contribution is -0.141. The van der Waals surface area contributed by atoms with Crippen molar-refractivity contribution >= 4 is 11.6 Å². The van der Waals surface area contributed by atoms with Crippen molar-refractivity contribution in [2.75, 3.05) is 19.4 Å². The van der Waals surface area contributed by atoms with Crippen molar-refractivity contribution in [1.29, 1.82) is 0 Å². The van der Waals surface area contributed by atoms with Crippen LogP contribution in [0.25, 0.3) is 0 Å². The smallest absolute Gasteiger partial charge is 0.406 e. The van der Waals surface area contributed by atoms with E-state index in [0.29, 0.717) is 11.3 Å². The van der Waals surface area contributed by atoms with Crippen LogP contribution in [0.5, 0.6) is 5.75 Å². The van der Waals surface area contributed by atoms with E-state index >= 15 is 0 Å². The number of alkyl halides is 3. The standard InChI is InChI=1S/C17H17F3N2O2/c1-24-15-8-7-13(9-14(15)21)16(23)22(11-17(18,19)20)10-12-5-3-2-4-6-12/h2-9H,10-11,21H2,1H3. The van der Waals surface area contributed by atoms with Crippen LogP contribution >= 0.6 is 0 Å². The largest absolute Gasteiger partial charge is 0.495 e. The molecule has 24 heavy (non-hydrogen) atoms. The Balaban J connectivity index is 2.28. The Morgan fingerprint density at radius 3 is 2.38 bits per heavy atom. The molecule has 0 radical (unpaired) electrons. The number of carbonyl (C=O) groups excluding carboxylic acids is 1. The van der Waals surface area contributed by atoms with Gasteiger partial charge in [0, 0.05) is 12.1 Å². The van der Waals surface area contributed by atoms with E-state index in [9.17, 15) is 18.0 Å². The molecule has 4 nitrogen and oxygen atoms in total. The molecule has 0 saturated carbocycles. The molecule has 0 aliphatic heterocycles. The van der Waals surface area contributed by atoms with Crippen LogP contribution in [0.2, 0.25) is 0 Å². The molecule has 0 spiro atoms. The number of nitrogens with zero attached hydrogens (tertiary/aromatic N) is 1. The summed E-state index contributed by atoms with van der Waals surface area (Å²) in [6.45, 7) is -1.49. The van der Waals surface area contributed by atoms with Crippen molar-refractivity contribution < 1.29 is 22.7 Å². The Bertz CT molecular complexity index is 703. The first-order valence-corrected chi connectivity index (χ1v) is 7.13. The van der Waals surface area contributed by atoms with E-state index in [4.69, 9.17) is 10.5 Å². The van der Waals surface area contributed by atoms with Crippen LogP contribution in [0.3, 0.4) is 0 Å². The maximum atomic E-state index is 12.8. The van der Waals surface area contributed by atoms with Crippen LogP contribution in [0.1, 0.15) is 15.9 Å². The monoisotopic (exact) mass is 338 g/mol. The number of carbonyl (C=O) groups is 1. The second-order valence-electron chi connectivity index (χ2n) is 5.22. The number of ether oxygens (including phenoxy) is 1. The number of halogens is 3. The molecule has 0 fully saturated rings. The SMILES string of the molecule is COc1ccc(C(=O)N(Cc2ccccc2)CC(F)(F)F)cc1N. The quantitative estimate of drug-likeness (QED) is 0.849. The summed E-state index contributed by atoms with van der Waals surface area (Å²) in [5.41, 5.74) is 6.61. The normalized spacial score (nSPS) is 11.2. The zero-order chi connectivity index (χ0) is 17.7. The van der Waals surface area contributed by atoms with Crippen LogP contribution in [0, 0.1) is 0 Å². The first-order chi connectivity index (χ1) is 11.3. The predicted molar refractivity (Wildman–Crippen MR) is 84.6 cm³/mol. The summed E-state index contributed by atoms with van der Waals surface area (Å²) in [5, 5.41) is 0. The summed E-state index contributed by atoms with van der Waals surface area (Å²) in [6, 6.07) is 12.7. The molecule has 0 saturated heterocycles. The first kappa shape index (κ1) is 17.7. The van der Waals surface area contributed by atoms with Crippen LogP contribution in [-0.4, -0.2) is 30.6 Å². The summed E-state index contributed by atoms with van der Waals surface area (Å²) >= 11 is 0. The first-order valence-electron chi connectivity index (χ1n) is 7.13.